The number of carbonyl (C=O) groups excluding carboxylic acids is 2. The van der Waals surface area contributed by atoms with E-state index in [0.29, 0.717) is 25.3 Å². The zero-order valence-electron chi connectivity index (χ0n) is 18.4. The van der Waals surface area contributed by atoms with Crippen molar-refractivity contribution in [3.05, 3.63) is 42.0 Å². The van der Waals surface area contributed by atoms with Crippen molar-refractivity contribution in [3.8, 4) is 0 Å². The molecule has 30 heavy (non-hydrogen) atoms. The minimum atomic E-state index is -0.490. The van der Waals surface area contributed by atoms with Crippen LogP contribution in [0.4, 0.5) is 4.79 Å². The van der Waals surface area contributed by atoms with E-state index in [4.69, 9.17) is 4.74 Å². The average molecular weight is 416 g/mol. The fourth-order valence-corrected chi connectivity index (χ4v) is 3.68. The quantitative estimate of drug-likeness (QED) is 0.734. The lowest BCUT2D eigenvalue weighted by Gasteiger charge is -2.34. The van der Waals surface area contributed by atoms with Crippen molar-refractivity contribution in [2.75, 3.05) is 19.6 Å². The van der Waals surface area contributed by atoms with Gasteiger partial charge in [0.2, 0.25) is 0 Å². The van der Waals surface area contributed by atoms with Crippen molar-refractivity contribution in [2.24, 2.45) is 0 Å². The molecule has 0 saturated carbocycles. The Balaban J connectivity index is 1.48. The van der Waals surface area contributed by atoms with Gasteiger partial charge in [0.1, 0.15) is 11.3 Å². The van der Waals surface area contributed by atoms with Crippen LogP contribution in [0.3, 0.4) is 0 Å². The van der Waals surface area contributed by atoms with Gasteiger partial charge in [-0.25, -0.2) is 4.79 Å². The average Bonchev–Trinajstić information content (AvgIpc) is 3.33. The van der Waals surface area contributed by atoms with Crippen LogP contribution in [0.2, 0.25) is 0 Å². The van der Waals surface area contributed by atoms with Crippen LogP contribution in [0.25, 0.3) is 0 Å². The standard InChI is InChI=1S/C22H33N5O3/c1-17-15-24-26(16-17)11-6-10-23-20(28)19-7-5-12-27(19)18-8-13-25(14-9-18)21(29)30-22(2,3)4/h5,7,12,15-16,18H,6,8-11,13-14H2,1-4H3,(H,23,28). The molecule has 1 saturated heterocycles. The molecule has 0 unspecified atom stereocenters. The Hall–Kier alpha value is -2.77. The maximum Gasteiger partial charge on any atom is 0.410 e. The lowest BCUT2D eigenvalue weighted by molar-refractivity contribution is 0.0187. The maximum absolute atomic E-state index is 12.7. The molecule has 2 amide bonds. The highest BCUT2D eigenvalue weighted by Gasteiger charge is 2.28. The van der Waals surface area contributed by atoms with Gasteiger partial charge in [0.15, 0.2) is 0 Å². The van der Waals surface area contributed by atoms with Crippen LogP contribution in [0.1, 0.15) is 62.1 Å². The van der Waals surface area contributed by atoms with Gasteiger partial charge in [-0.3, -0.25) is 9.48 Å². The molecule has 0 aromatic carbocycles. The third-order valence-corrected chi connectivity index (χ3v) is 5.13. The van der Waals surface area contributed by atoms with Crippen LogP contribution in [-0.2, 0) is 11.3 Å². The van der Waals surface area contributed by atoms with Crippen molar-refractivity contribution >= 4 is 12.0 Å². The summed E-state index contributed by atoms with van der Waals surface area (Å²) >= 11 is 0. The van der Waals surface area contributed by atoms with Crippen molar-refractivity contribution in [1.29, 1.82) is 0 Å². The fourth-order valence-electron chi connectivity index (χ4n) is 3.68. The predicted molar refractivity (Wildman–Crippen MR) is 114 cm³/mol. The summed E-state index contributed by atoms with van der Waals surface area (Å²) in [6.07, 6.45) is 7.94. The molecule has 1 aliphatic rings. The van der Waals surface area contributed by atoms with E-state index in [1.807, 2.05) is 67.7 Å². The first-order chi connectivity index (χ1) is 14.2. The van der Waals surface area contributed by atoms with E-state index in [1.165, 1.54) is 0 Å². The van der Waals surface area contributed by atoms with Crippen molar-refractivity contribution in [2.45, 2.75) is 65.1 Å². The summed E-state index contributed by atoms with van der Waals surface area (Å²) in [5, 5.41) is 7.27. The largest absolute Gasteiger partial charge is 0.444 e. The highest BCUT2D eigenvalue weighted by molar-refractivity contribution is 5.92. The van der Waals surface area contributed by atoms with Gasteiger partial charge in [-0.05, 0) is 64.7 Å². The number of rotatable bonds is 6. The van der Waals surface area contributed by atoms with E-state index in [2.05, 4.69) is 10.4 Å². The molecule has 3 heterocycles. The third-order valence-electron chi connectivity index (χ3n) is 5.13. The molecule has 3 rings (SSSR count). The van der Waals surface area contributed by atoms with Gasteiger partial charge in [-0.15, -0.1) is 0 Å². The number of likely N-dealkylation sites (tertiary alicyclic amines) is 1. The third kappa shape index (κ3) is 5.87. The second-order valence-corrected chi connectivity index (χ2v) is 8.89. The van der Waals surface area contributed by atoms with Gasteiger partial charge < -0.3 is 19.5 Å². The maximum atomic E-state index is 12.7. The molecule has 0 radical (unpaired) electrons. The zero-order chi connectivity index (χ0) is 21.7. The second-order valence-electron chi connectivity index (χ2n) is 8.89. The molecule has 0 spiro atoms. The van der Waals surface area contributed by atoms with E-state index in [0.717, 1.165) is 31.4 Å². The summed E-state index contributed by atoms with van der Waals surface area (Å²) in [5.41, 5.74) is 1.31. The Morgan fingerprint density at radius 3 is 2.63 bits per heavy atom. The number of hydrogen-bond acceptors (Lipinski definition) is 4. The molecular weight excluding hydrogens is 382 g/mol. The first-order valence-electron chi connectivity index (χ1n) is 10.6. The number of nitrogens with one attached hydrogen (secondary N) is 1. The van der Waals surface area contributed by atoms with Gasteiger partial charge in [0, 0.05) is 44.6 Å². The van der Waals surface area contributed by atoms with Crippen molar-refractivity contribution in [3.63, 3.8) is 0 Å². The number of aromatic nitrogens is 3. The van der Waals surface area contributed by atoms with Crippen molar-refractivity contribution in [1.82, 2.24) is 24.6 Å². The van der Waals surface area contributed by atoms with Crippen LogP contribution in [0, 0.1) is 6.92 Å². The molecule has 2 aromatic heterocycles. The van der Waals surface area contributed by atoms with E-state index in [-0.39, 0.29) is 18.0 Å². The minimum Gasteiger partial charge on any atom is -0.444 e. The van der Waals surface area contributed by atoms with Crippen LogP contribution >= 0.6 is 0 Å². The predicted octanol–water partition coefficient (Wildman–Crippen LogP) is 3.39. The van der Waals surface area contributed by atoms with Gasteiger partial charge in [-0.1, -0.05) is 0 Å². The zero-order valence-corrected chi connectivity index (χ0v) is 18.4. The monoisotopic (exact) mass is 415 g/mol. The number of aryl methyl sites for hydroxylation is 2. The summed E-state index contributed by atoms with van der Waals surface area (Å²) in [7, 11) is 0. The van der Waals surface area contributed by atoms with Gasteiger partial charge in [-0.2, -0.15) is 5.10 Å². The Kier molecular flexibility index (Phi) is 6.84. The molecule has 164 valence electrons. The van der Waals surface area contributed by atoms with Crippen LogP contribution in [-0.4, -0.2) is 56.5 Å². The summed E-state index contributed by atoms with van der Waals surface area (Å²) < 4.78 is 9.39. The Morgan fingerprint density at radius 1 is 1.27 bits per heavy atom. The topological polar surface area (TPSA) is 81.4 Å². The molecule has 1 aliphatic heterocycles. The lowest BCUT2D eigenvalue weighted by Crippen LogP contribution is -2.42. The molecular formula is C22H33N5O3. The lowest BCUT2D eigenvalue weighted by atomic mass is 10.0. The number of nitrogens with zero attached hydrogens (tertiary/aromatic N) is 4. The summed E-state index contributed by atoms with van der Waals surface area (Å²) in [6, 6.07) is 3.96. The number of hydrogen-bond donors (Lipinski definition) is 1. The molecule has 0 bridgehead atoms. The van der Waals surface area contributed by atoms with Crippen LogP contribution in [0.5, 0.6) is 0 Å². The summed E-state index contributed by atoms with van der Waals surface area (Å²) in [4.78, 5) is 26.7. The number of piperidine rings is 1. The first-order valence-corrected chi connectivity index (χ1v) is 10.6. The van der Waals surface area contributed by atoms with Crippen LogP contribution in [0.15, 0.2) is 30.7 Å². The number of amides is 2. The number of carbonyl (C=O) groups is 2. The summed E-state index contributed by atoms with van der Waals surface area (Å²) in [5.74, 6) is -0.0637. The SMILES string of the molecule is Cc1cnn(CCCNC(=O)c2cccn2C2CCN(C(=O)OC(C)(C)C)CC2)c1. The molecule has 8 heteroatoms. The van der Waals surface area contributed by atoms with Crippen molar-refractivity contribution < 1.29 is 14.3 Å². The molecule has 1 fully saturated rings. The second kappa shape index (κ2) is 9.36. The van der Waals surface area contributed by atoms with E-state index >= 15 is 0 Å². The number of ether oxygens (including phenoxy) is 1. The molecule has 2 aromatic rings. The normalized spacial score (nSPS) is 15.3. The molecule has 1 N–H and O–H groups in total. The van der Waals surface area contributed by atoms with E-state index < -0.39 is 5.60 Å². The van der Waals surface area contributed by atoms with Gasteiger partial charge in [0.25, 0.3) is 5.91 Å². The Labute approximate surface area is 178 Å². The smallest absolute Gasteiger partial charge is 0.410 e. The molecule has 8 nitrogen and oxygen atoms in total. The highest BCUT2D eigenvalue weighted by atomic mass is 16.6. The highest BCUT2D eigenvalue weighted by Crippen LogP contribution is 2.25. The van der Waals surface area contributed by atoms with Gasteiger partial charge >= 0.3 is 6.09 Å². The first kappa shape index (κ1) is 21.9. The molecule has 0 atom stereocenters. The Morgan fingerprint density at radius 2 is 2.00 bits per heavy atom. The van der Waals surface area contributed by atoms with E-state index in [1.54, 1.807) is 4.90 Å². The fraction of sp³-hybridized carbons (Fsp3) is 0.591. The molecule has 0 aliphatic carbocycles. The Bertz CT molecular complexity index is 856. The van der Waals surface area contributed by atoms with Crippen LogP contribution < -0.4 is 5.32 Å². The minimum absolute atomic E-state index is 0.0637. The van der Waals surface area contributed by atoms with E-state index in [9.17, 15) is 9.59 Å². The summed E-state index contributed by atoms with van der Waals surface area (Å²) in [6.45, 7) is 10.3. The van der Waals surface area contributed by atoms with Gasteiger partial charge in [0.05, 0.1) is 6.20 Å².